The van der Waals surface area contributed by atoms with E-state index >= 15 is 0 Å². The molecule has 7 heteroatoms. The zero-order valence-electron chi connectivity index (χ0n) is 14.8. The van der Waals surface area contributed by atoms with Crippen LogP contribution in [0.2, 0.25) is 0 Å². The standard InChI is InChI=1S/C19H24FN3O3/c1-19-11-14(12-5-2-3-6-13(12)20)23(18(26)10-9-16(21)24)15(19)7-4-8-17(25)22-19/h2-3,5-6,14-15H,4,7-11H2,1H3,(H2,21,24)(H,22,25)/t14-,15-,19-/m0/s1. The maximum atomic E-state index is 14.5. The summed E-state index contributed by atoms with van der Waals surface area (Å²) in [5.41, 5.74) is 5.00. The Hall–Kier alpha value is -2.44. The molecule has 3 atom stereocenters. The fourth-order valence-corrected chi connectivity index (χ4v) is 4.30. The Balaban J connectivity index is 1.98. The zero-order chi connectivity index (χ0) is 18.9. The number of rotatable bonds is 4. The Morgan fingerprint density at radius 1 is 1.35 bits per heavy atom. The second-order valence-corrected chi connectivity index (χ2v) is 7.38. The van der Waals surface area contributed by atoms with Gasteiger partial charge in [-0.25, -0.2) is 4.39 Å². The van der Waals surface area contributed by atoms with Crippen molar-refractivity contribution in [3.63, 3.8) is 0 Å². The lowest BCUT2D eigenvalue weighted by Crippen LogP contribution is -2.54. The van der Waals surface area contributed by atoms with Gasteiger partial charge in [-0.15, -0.1) is 0 Å². The third-order valence-electron chi connectivity index (χ3n) is 5.47. The molecule has 2 fully saturated rings. The highest BCUT2D eigenvalue weighted by Crippen LogP contribution is 2.46. The average molecular weight is 361 g/mol. The van der Waals surface area contributed by atoms with Gasteiger partial charge in [0.15, 0.2) is 0 Å². The monoisotopic (exact) mass is 361 g/mol. The molecule has 3 N–H and O–H groups in total. The van der Waals surface area contributed by atoms with Crippen LogP contribution in [0.5, 0.6) is 0 Å². The van der Waals surface area contributed by atoms with Gasteiger partial charge in [0.2, 0.25) is 17.7 Å². The van der Waals surface area contributed by atoms with Crippen molar-refractivity contribution in [2.24, 2.45) is 5.73 Å². The van der Waals surface area contributed by atoms with E-state index in [4.69, 9.17) is 5.73 Å². The molecule has 0 spiro atoms. The van der Waals surface area contributed by atoms with E-state index in [-0.39, 0.29) is 36.5 Å². The molecule has 2 aliphatic rings. The molecule has 3 amide bonds. The lowest BCUT2D eigenvalue weighted by molar-refractivity contribution is -0.136. The largest absolute Gasteiger partial charge is 0.370 e. The summed E-state index contributed by atoms with van der Waals surface area (Å²) < 4.78 is 14.5. The second kappa shape index (κ2) is 7.05. The molecule has 3 rings (SSSR count). The Morgan fingerprint density at radius 2 is 2.08 bits per heavy atom. The van der Waals surface area contributed by atoms with Crippen molar-refractivity contribution in [1.82, 2.24) is 10.2 Å². The van der Waals surface area contributed by atoms with Crippen LogP contribution in [0, 0.1) is 5.82 Å². The number of fused-ring (bicyclic) bond motifs is 1. The second-order valence-electron chi connectivity index (χ2n) is 7.38. The molecule has 2 heterocycles. The highest BCUT2D eigenvalue weighted by atomic mass is 19.1. The van der Waals surface area contributed by atoms with Gasteiger partial charge in [0.25, 0.3) is 0 Å². The van der Waals surface area contributed by atoms with Crippen molar-refractivity contribution < 1.29 is 18.8 Å². The molecule has 0 radical (unpaired) electrons. The number of carbonyl (C=O) groups excluding carboxylic acids is 3. The summed E-state index contributed by atoms with van der Waals surface area (Å²) in [5.74, 6) is -1.20. The first kappa shape index (κ1) is 18.4. The first-order chi connectivity index (χ1) is 12.3. The van der Waals surface area contributed by atoms with Gasteiger partial charge in [-0.2, -0.15) is 0 Å². The van der Waals surface area contributed by atoms with E-state index < -0.39 is 17.5 Å². The normalized spacial score (nSPS) is 28.2. The molecule has 2 saturated heterocycles. The summed E-state index contributed by atoms with van der Waals surface area (Å²) in [6.07, 6.45) is 2.11. The number of hydrogen-bond acceptors (Lipinski definition) is 3. The van der Waals surface area contributed by atoms with E-state index in [2.05, 4.69) is 5.32 Å². The third-order valence-corrected chi connectivity index (χ3v) is 5.47. The minimum atomic E-state index is -0.622. The van der Waals surface area contributed by atoms with Crippen LogP contribution in [0.25, 0.3) is 0 Å². The van der Waals surface area contributed by atoms with Gasteiger partial charge in [-0.05, 0) is 32.3 Å². The van der Waals surface area contributed by atoms with E-state index in [1.807, 2.05) is 6.92 Å². The van der Waals surface area contributed by atoms with E-state index in [9.17, 15) is 18.8 Å². The van der Waals surface area contributed by atoms with Crippen LogP contribution in [0.15, 0.2) is 24.3 Å². The average Bonchev–Trinajstić information content (AvgIpc) is 2.76. The van der Waals surface area contributed by atoms with Crippen LogP contribution in [-0.2, 0) is 14.4 Å². The zero-order valence-corrected chi connectivity index (χ0v) is 14.8. The van der Waals surface area contributed by atoms with E-state index in [0.29, 0.717) is 31.2 Å². The summed E-state index contributed by atoms with van der Waals surface area (Å²) >= 11 is 0. The molecule has 26 heavy (non-hydrogen) atoms. The molecule has 1 aromatic rings. The molecule has 140 valence electrons. The summed E-state index contributed by atoms with van der Waals surface area (Å²) in [6, 6.07) is 5.67. The number of primary amides is 1. The van der Waals surface area contributed by atoms with E-state index in [0.717, 1.165) is 0 Å². The molecule has 0 saturated carbocycles. The minimum Gasteiger partial charge on any atom is -0.370 e. The van der Waals surface area contributed by atoms with Gasteiger partial charge in [-0.1, -0.05) is 18.2 Å². The maximum Gasteiger partial charge on any atom is 0.223 e. The Kier molecular flexibility index (Phi) is 4.98. The molecule has 0 aromatic heterocycles. The molecule has 6 nitrogen and oxygen atoms in total. The lowest BCUT2D eigenvalue weighted by atomic mass is 9.88. The van der Waals surface area contributed by atoms with Crippen LogP contribution < -0.4 is 11.1 Å². The van der Waals surface area contributed by atoms with E-state index in [1.54, 1.807) is 23.1 Å². The number of hydrogen-bond donors (Lipinski definition) is 2. The molecular formula is C19H24FN3O3. The molecule has 0 bridgehead atoms. The molecule has 2 aliphatic heterocycles. The van der Waals surface area contributed by atoms with Gasteiger partial charge in [0.05, 0.1) is 17.6 Å². The summed E-state index contributed by atoms with van der Waals surface area (Å²) in [5, 5.41) is 3.04. The Labute approximate surface area is 151 Å². The van der Waals surface area contributed by atoms with Gasteiger partial charge in [0.1, 0.15) is 5.82 Å². The summed E-state index contributed by atoms with van der Waals surface area (Å²) in [6.45, 7) is 1.91. The number of nitrogens with one attached hydrogen (secondary N) is 1. The first-order valence-electron chi connectivity index (χ1n) is 8.97. The smallest absolute Gasteiger partial charge is 0.223 e. The number of carbonyl (C=O) groups is 3. The first-order valence-corrected chi connectivity index (χ1v) is 8.97. The number of amides is 3. The summed E-state index contributed by atoms with van der Waals surface area (Å²) in [4.78, 5) is 37.8. The van der Waals surface area contributed by atoms with Crippen molar-refractivity contribution in [1.29, 1.82) is 0 Å². The Bertz CT molecular complexity index is 738. The van der Waals surface area contributed by atoms with Gasteiger partial charge in [0, 0.05) is 24.8 Å². The number of nitrogens with two attached hydrogens (primary N) is 1. The number of nitrogens with zero attached hydrogens (tertiary/aromatic N) is 1. The van der Waals surface area contributed by atoms with Crippen LogP contribution in [0.3, 0.4) is 0 Å². The van der Waals surface area contributed by atoms with Crippen LogP contribution >= 0.6 is 0 Å². The van der Waals surface area contributed by atoms with Crippen molar-refractivity contribution in [2.45, 2.75) is 63.1 Å². The van der Waals surface area contributed by atoms with Crippen LogP contribution in [-0.4, -0.2) is 34.2 Å². The highest BCUT2D eigenvalue weighted by molar-refractivity contribution is 5.84. The fourth-order valence-electron chi connectivity index (χ4n) is 4.30. The molecule has 0 aliphatic carbocycles. The van der Waals surface area contributed by atoms with Gasteiger partial charge < -0.3 is 16.0 Å². The maximum absolute atomic E-state index is 14.5. The van der Waals surface area contributed by atoms with Crippen LogP contribution in [0.1, 0.15) is 57.1 Å². The van der Waals surface area contributed by atoms with Crippen molar-refractivity contribution in [2.75, 3.05) is 0 Å². The number of likely N-dealkylation sites (tertiary alicyclic amines) is 1. The number of benzene rings is 1. The predicted octanol–water partition coefficient (Wildman–Crippen LogP) is 1.79. The third kappa shape index (κ3) is 3.43. The quantitative estimate of drug-likeness (QED) is 0.856. The topological polar surface area (TPSA) is 92.5 Å². The van der Waals surface area contributed by atoms with Crippen molar-refractivity contribution in [3.05, 3.63) is 35.6 Å². The van der Waals surface area contributed by atoms with E-state index in [1.165, 1.54) is 6.07 Å². The van der Waals surface area contributed by atoms with Crippen LogP contribution in [0.4, 0.5) is 4.39 Å². The van der Waals surface area contributed by atoms with Gasteiger partial charge in [-0.3, -0.25) is 14.4 Å². The predicted molar refractivity (Wildman–Crippen MR) is 93.2 cm³/mol. The van der Waals surface area contributed by atoms with Gasteiger partial charge >= 0.3 is 0 Å². The lowest BCUT2D eigenvalue weighted by Gasteiger charge is -2.35. The molecule has 1 aromatic carbocycles. The van der Waals surface area contributed by atoms with Crippen molar-refractivity contribution >= 4 is 17.7 Å². The number of halogens is 1. The molecular weight excluding hydrogens is 337 g/mol. The summed E-state index contributed by atoms with van der Waals surface area (Å²) in [7, 11) is 0. The highest BCUT2D eigenvalue weighted by Gasteiger charge is 2.53. The SMILES string of the molecule is C[C@]12C[C@@H](c3ccccc3F)N(C(=O)CCC(N)=O)[C@H]1CCCC(=O)N2. The fraction of sp³-hybridized carbons (Fsp3) is 0.526. The Morgan fingerprint density at radius 3 is 2.77 bits per heavy atom. The minimum absolute atomic E-state index is 0.0131. The van der Waals surface area contributed by atoms with Crippen molar-refractivity contribution in [3.8, 4) is 0 Å². The molecule has 0 unspecified atom stereocenters.